The summed E-state index contributed by atoms with van der Waals surface area (Å²) in [5.41, 5.74) is 3.66. The average Bonchev–Trinajstić information content (AvgIpc) is 2.71. The zero-order valence-corrected chi connectivity index (χ0v) is 15.7. The van der Waals surface area contributed by atoms with E-state index in [4.69, 9.17) is 9.47 Å². The van der Waals surface area contributed by atoms with Gasteiger partial charge in [-0.25, -0.2) is 0 Å². The molecule has 0 bridgehead atoms. The molecule has 0 aliphatic heterocycles. The van der Waals surface area contributed by atoms with Gasteiger partial charge in [0.2, 0.25) is 6.41 Å². The molecule has 3 rings (SSSR count). The van der Waals surface area contributed by atoms with Crippen LogP contribution in [0.25, 0.3) is 0 Å². The Bertz CT molecular complexity index is 778. The van der Waals surface area contributed by atoms with Gasteiger partial charge >= 0.3 is 0 Å². The van der Waals surface area contributed by atoms with Gasteiger partial charge < -0.3 is 14.4 Å². The first-order chi connectivity index (χ1) is 12.6. The molecule has 1 aromatic heterocycles. The van der Waals surface area contributed by atoms with Gasteiger partial charge in [0, 0.05) is 30.9 Å². The zero-order chi connectivity index (χ0) is 18.6. The Kier molecular flexibility index (Phi) is 5.45. The fourth-order valence-corrected chi connectivity index (χ4v) is 3.88. The normalized spacial score (nSPS) is 18.7. The number of benzene rings is 1. The second kappa shape index (κ2) is 7.77. The lowest BCUT2D eigenvalue weighted by Gasteiger charge is -2.39. The van der Waals surface area contributed by atoms with E-state index in [2.05, 4.69) is 23.2 Å². The van der Waals surface area contributed by atoms with Crippen LogP contribution in [0.3, 0.4) is 0 Å². The highest BCUT2D eigenvalue weighted by Gasteiger charge is 2.37. The maximum atomic E-state index is 11.1. The van der Waals surface area contributed by atoms with Crippen LogP contribution in [-0.2, 0) is 23.1 Å². The fourth-order valence-electron chi connectivity index (χ4n) is 3.88. The molecule has 26 heavy (non-hydrogen) atoms. The summed E-state index contributed by atoms with van der Waals surface area (Å²) in [4.78, 5) is 17.3. The van der Waals surface area contributed by atoms with E-state index in [0.29, 0.717) is 6.54 Å². The summed E-state index contributed by atoms with van der Waals surface area (Å²) in [5, 5.41) is 0. The van der Waals surface area contributed by atoms with Crippen LogP contribution in [0.2, 0.25) is 0 Å². The summed E-state index contributed by atoms with van der Waals surface area (Å²) in [5.74, 6) is 1.47. The van der Waals surface area contributed by atoms with Gasteiger partial charge in [-0.3, -0.25) is 9.78 Å². The Labute approximate surface area is 155 Å². The van der Waals surface area contributed by atoms with Crippen LogP contribution in [0, 0.1) is 0 Å². The Hall–Kier alpha value is -2.56. The first-order valence-electron chi connectivity index (χ1n) is 8.93. The van der Waals surface area contributed by atoms with Crippen LogP contribution >= 0.6 is 0 Å². The van der Waals surface area contributed by atoms with Crippen LogP contribution in [0.1, 0.15) is 29.7 Å². The number of aryl methyl sites for hydroxylation is 1. The molecule has 0 unspecified atom stereocenters. The third kappa shape index (κ3) is 3.52. The van der Waals surface area contributed by atoms with E-state index in [1.165, 1.54) is 16.8 Å². The molecule has 138 valence electrons. The van der Waals surface area contributed by atoms with Crippen molar-refractivity contribution in [2.45, 2.75) is 31.1 Å². The summed E-state index contributed by atoms with van der Waals surface area (Å²) in [7, 11) is 5.14. The number of amides is 1. The highest BCUT2D eigenvalue weighted by Crippen LogP contribution is 2.43. The van der Waals surface area contributed by atoms with Crippen molar-refractivity contribution in [3.63, 3.8) is 0 Å². The molecule has 0 spiro atoms. The van der Waals surface area contributed by atoms with Crippen LogP contribution in [0.4, 0.5) is 0 Å². The van der Waals surface area contributed by atoms with Gasteiger partial charge in [-0.15, -0.1) is 0 Å². The van der Waals surface area contributed by atoms with E-state index in [9.17, 15) is 4.79 Å². The minimum Gasteiger partial charge on any atom is -0.493 e. The van der Waals surface area contributed by atoms with Crippen molar-refractivity contribution in [2.75, 3.05) is 27.8 Å². The number of hydrogen-bond acceptors (Lipinski definition) is 4. The fraction of sp³-hybridized carbons (Fsp3) is 0.429. The molecule has 1 aromatic carbocycles. The van der Waals surface area contributed by atoms with Gasteiger partial charge in [0.1, 0.15) is 0 Å². The molecule has 0 saturated carbocycles. The van der Waals surface area contributed by atoms with Crippen LogP contribution in [-0.4, -0.2) is 44.1 Å². The first-order valence-corrected chi connectivity index (χ1v) is 8.93. The van der Waals surface area contributed by atoms with Crippen molar-refractivity contribution < 1.29 is 14.3 Å². The van der Waals surface area contributed by atoms with E-state index in [1.807, 2.05) is 25.4 Å². The smallest absolute Gasteiger partial charge is 0.209 e. The van der Waals surface area contributed by atoms with Crippen LogP contribution in [0.15, 0.2) is 36.5 Å². The van der Waals surface area contributed by atoms with Gasteiger partial charge in [0.05, 0.1) is 14.2 Å². The van der Waals surface area contributed by atoms with E-state index in [-0.39, 0.29) is 5.41 Å². The summed E-state index contributed by atoms with van der Waals surface area (Å²) >= 11 is 0. The summed E-state index contributed by atoms with van der Waals surface area (Å²) < 4.78 is 10.9. The Morgan fingerprint density at radius 3 is 2.77 bits per heavy atom. The number of fused-ring (bicyclic) bond motifs is 1. The molecule has 1 heterocycles. The van der Waals surface area contributed by atoms with Crippen molar-refractivity contribution in [2.24, 2.45) is 0 Å². The summed E-state index contributed by atoms with van der Waals surface area (Å²) in [6.07, 6.45) is 6.50. The third-order valence-electron chi connectivity index (χ3n) is 5.47. The number of pyridine rings is 1. The molecule has 0 fully saturated rings. The first kappa shape index (κ1) is 18.2. The molecule has 1 aliphatic carbocycles. The number of hydrogen-bond donors (Lipinski definition) is 0. The van der Waals surface area contributed by atoms with Crippen LogP contribution < -0.4 is 9.47 Å². The van der Waals surface area contributed by atoms with Crippen molar-refractivity contribution >= 4 is 6.41 Å². The molecule has 2 aromatic rings. The van der Waals surface area contributed by atoms with Gasteiger partial charge in [0.15, 0.2) is 11.5 Å². The number of carbonyl (C=O) groups excluding carboxylic acids is 1. The average molecular weight is 354 g/mol. The van der Waals surface area contributed by atoms with Gasteiger partial charge in [-0.05, 0) is 55.0 Å². The highest BCUT2D eigenvalue weighted by molar-refractivity contribution is 5.48. The number of aromatic nitrogens is 1. The van der Waals surface area contributed by atoms with Crippen molar-refractivity contribution in [3.8, 4) is 11.5 Å². The zero-order valence-electron chi connectivity index (χ0n) is 15.7. The number of rotatable bonds is 7. The van der Waals surface area contributed by atoms with E-state index >= 15 is 0 Å². The molecule has 1 aliphatic rings. The monoisotopic (exact) mass is 354 g/mol. The maximum absolute atomic E-state index is 11.1. The SMILES string of the molecule is COc1ccc([C@@]2(CCN(C)C=O)CCc3ncccc3C2)cc1OC. The number of nitrogens with zero attached hydrogens (tertiary/aromatic N) is 2. The molecule has 5 heteroatoms. The minimum atomic E-state index is -0.0488. The molecule has 1 atom stereocenters. The summed E-state index contributed by atoms with van der Waals surface area (Å²) in [6, 6.07) is 10.4. The molecule has 0 saturated heterocycles. The van der Waals surface area contributed by atoms with E-state index in [1.54, 1.807) is 19.1 Å². The number of methoxy groups -OCH3 is 2. The third-order valence-corrected chi connectivity index (χ3v) is 5.47. The van der Waals surface area contributed by atoms with Gasteiger partial charge in [-0.2, -0.15) is 0 Å². The second-order valence-electron chi connectivity index (χ2n) is 6.97. The summed E-state index contributed by atoms with van der Waals surface area (Å²) in [6.45, 7) is 0.716. The molecular formula is C21H26N2O3. The Morgan fingerprint density at radius 1 is 1.23 bits per heavy atom. The lowest BCUT2D eigenvalue weighted by molar-refractivity contribution is -0.117. The lowest BCUT2D eigenvalue weighted by Crippen LogP contribution is -2.37. The molecule has 0 N–H and O–H groups in total. The predicted molar refractivity (Wildman–Crippen MR) is 101 cm³/mol. The Morgan fingerprint density at radius 2 is 2.04 bits per heavy atom. The molecule has 1 amide bonds. The second-order valence-corrected chi connectivity index (χ2v) is 6.97. The quantitative estimate of drug-likeness (QED) is 0.717. The minimum absolute atomic E-state index is 0.0488. The maximum Gasteiger partial charge on any atom is 0.209 e. The van der Waals surface area contributed by atoms with Gasteiger partial charge in [-0.1, -0.05) is 12.1 Å². The van der Waals surface area contributed by atoms with Crippen LogP contribution in [0.5, 0.6) is 11.5 Å². The molecule has 0 radical (unpaired) electrons. The van der Waals surface area contributed by atoms with E-state index in [0.717, 1.165) is 43.6 Å². The molecule has 5 nitrogen and oxygen atoms in total. The van der Waals surface area contributed by atoms with Crippen molar-refractivity contribution in [1.82, 2.24) is 9.88 Å². The topological polar surface area (TPSA) is 51.7 Å². The highest BCUT2D eigenvalue weighted by atomic mass is 16.5. The van der Waals surface area contributed by atoms with E-state index < -0.39 is 0 Å². The lowest BCUT2D eigenvalue weighted by atomic mass is 9.66. The number of ether oxygens (including phenoxy) is 2. The van der Waals surface area contributed by atoms with Crippen molar-refractivity contribution in [1.29, 1.82) is 0 Å². The Balaban J connectivity index is 2.00. The largest absolute Gasteiger partial charge is 0.493 e. The number of carbonyl (C=O) groups is 1. The van der Waals surface area contributed by atoms with Gasteiger partial charge in [0.25, 0.3) is 0 Å². The standard InChI is InChI=1S/C21H26N2O3/c1-23(15-24)12-10-21(9-8-18-16(14-21)5-4-11-22-18)17-6-7-19(25-2)20(13-17)26-3/h4-7,11,13,15H,8-10,12,14H2,1-3H3/t21-/m1/s1. The molecular weight excluding hydrogens is 328 g/mol. The predicted octanol–water partition coefficient (Wildman–Crippen LogP) is 3.00. The van der Waals surface area contributed by atoms with Crippen molar-refractivity contribution in [3.05, 3.63) is 53.3 Å².